The van der Waals surface area contributed by atoms with Crippen LogP contribution in [0, 0.1) is 11.8 Å². The summed E-state index contributed by atoms with van der Waals surface area (Å²) in [4.78, 5) is 0. The average molecular weight is 261 g/mol. The van der Waals surface area contributed by atoms with E-state index in [-0.39, 0.29) is 11.8 Å². The molecule has 0 bridgehead atoms. The van der Waals surface area contributed by atoms with Gasteiger partial charge >= 0.3 is 0 Å². The minimum Gasteiger partial charge on any atom is -0.327 e. The van der Waals surface area contributed by atoms with Gasteiger partial charge in [0.2, 0.25) is 0 Å². The topological polar surface area (TPSA) is 60.2 Å². The summed E-state index contributed by atoms with van der Waals surface area (Å²) in [5, 5.41) is 0. The first-order chi connectivity index (χ1) is 7.94. The Hall–Kier alpha value is -0.0900. The van der Waals surface area contributed by atoms with Gasteiger partial charge in [-0.1, -0.05) is 26.7 Å². The first-order valence-electron chi connectivity index (χ1n) is 6.90. The van der Waals surface area contributed by atoms with Crippen molar-refractivity contribution in [2.45, 2.75) is 58.4 Å². The maximum atomic E-state index is 11.4. The third-order valence-electron chi connectivity index (χ3n) is 4.02. The van der Waals surface area contributed by atoms with Crippen LogP contribution in [0.1, 0.15) is 52.4 Å². The Kier molecular flexibility index (Phi) is 5.93. The molecule has 1 aliphatic rings. The van der Waals surface area contributed by atoms with E-state index in [9.17, 15) is 8.42 Å². The maximum absolute atomic E-state index is 11.4. The maximum Gasteiger partial charge on any atom is 0.150 e. The van der Waals surface area contributed by atoms with Gasteiger partial charge in [0.05, 0.1) is 5.75 Å². The van der Waals surface area contributed by atoms with Crippen molar-refractivity contribution in [3.05, 3.63) is 0 Å². The first kappa shape index (κ1) is 15.0. The van der Waals surface area contributed by atoms with Crippen LogP contribution in [-0.4, -0.2) is 26.0 Å². The van der Waals surface area contributed by atoms with E-state index in [0.717, 1.165) is 18.8 Å². The average Bonchev–Trinajstić information content (AvgIpc) is 2.28. The molecule has 0 aromatic rings. The van der Waals surface area contributed by atoms with Gasteiger partial charge in [-0.3, -0.25) is 0 Å². The SMILES string of the molecule is CCS(=O)(=O)CCCC(N)C1CCCC(C)C1. The van der Waals surface area contributed by atoms with E-state index >= 15 is 0 Å². The van der Waals surface area contributed by atoms with Crippen molar-refractivity contribution in [1.82, 2.24) is 0 Å². The predicted molar refractivity (Wildman–Crippen MR) is 72.7 cm³/mol. The fourth-order valence-electron chi connectivity index (χ4n) is 2.79. The van der Waals surface area contributed by atoms with Crippen LogP contribution in [0.15, 0.2) is 0 Å². The highest BCUT2D eigenvalue weighted by molar-refractivity contribution is 7.91. The van der Waals surface area contributed by atoms with E-state index < -0.39 is 9.84 Å². The number of sulfone groups is 1. The van der Waals surface area contributed by atoms with Gasteiger partial charge in [0.25, 0.3) is 0 Å². The van der Waals surface area contributed by atoms with Crippen LogP contribution in [0.5, 0.6) is 0 Å². The van der Waals surface area contributed by atoms with E-state index in [0.29, 0.717) is 11.7 Å². The van der Waals surface area contributed by atoms with Gasteiger partial charge in [-0.2, -0.15) is 0 Å². The van der Waals surface area contributed by atoms with Crippen molar-refractivity contribution in [2.24, 2.45) is 17.6 Å². The molecule has 0 saturated heterocycles. The summed E-state index contributed by atoms with van der Waals surface area (Å²) in [5.41, 5.74) is 6.19. The Balaban J connectivity index is 2.27. The first-order valence-corrected chi connectivity index (χ1v) is 8.72. The van der Waals surface area contributed by atoms with Crippen molar-refractivity contribution in [2.75, 3.05) is 11.5 Å². The molecule has 0 aromatic heterocycles. The number of hydrogen-bond donors (Lipinski definition) is 1. The van der Waals surface area contributed by atoms with Gasteiger partial charge in [-0.25, -0.2) is 8.42 Å². The van der Waals surface area contributed by atoms with Crippen LogP contribution in [0.2, 0.25) is 0 Å². The van der Waals surface area contributed by atoms with Crippen molar-refractivity contribution >= 4 is 9.84 Å². The smallest absolute Gasteiger partial charge is 0.150 e. The molecule has 1 fully saturated rings. The van der Waals surface area contributed by atoms with E-state index in [4.69, 9.17) is 5.73 Å². The minimum absolute atomic E-state index is 0.199. The summed E-state index contributed by atoms with van der Waals surface area (Å²) >= 11 is 0. The zero-order valence-electron chi connectivity index (χ0n) is 11.2. The van der Waals surface area contributed by atoms with E-state index in [2.05, 4.69) is 6.92 Å². The third-order valence-corrected chi connectivity index (χ3v) is 5.81. The van der Waals surface area contributed by atoms with Crippen LogP contribution < -0.4 is 5.73 Å². The normalized spacial score (nSPS) is 27.9. The van der Waals surface area contributed by atoms with Crippen molar-refractivity contribution in [3.8, 4) is 0 Å². The van der Waals surface area contributed by atoms with E-state index in [1.165, 1.54) is 25.7 Å². The molecular formula is C13H27NO2S. The molecule has 0 heterocycles. The Labute approximate surface area is 106 Å². The lowest BCUT2D eigenvalue weighted by Crippen LogP contribution is -2.33. The fraction of sp³-hybridized carbons (Fsp3) is 1.00. The highest BCUT2D eigenvalue weighted by Gasteiger charge is 2.24. The molecule has 3 unspecified atom stereocenters. The summed E-state index contributed by atoms with van der Waals surface area (Å²) in [7, 11) is -2.81. The van der Waals surface area contributed by atoms with Crippen LogP contribution in [0.4, 0.5) is 0 Å². The lowest BCUT2D eigenvalue weighted by atomic mass is 9.78. The Morgan fingerprint density at radius 1 is 1.35 bits per heavy atom. The molecule has 0 spiro atoms. The number of nitrogens with two attached hydrogens (primary N) is 1. The van der Waals surface area contributed by atoms with Crippen molar-refractivity contribution < 1.29 is 8.42 Å². The van der Waals surface area contributed by atoms with Crippen LogP contribution in [-0.2, 0) is 9.84 Å². The second kappa shape index (κ2) is 6.74. The van der Waals surface area contributed by atoms with Crippen LogP contribution >= 0.6 is 0 Å². The van der Waals surface area contributed by atoms with Gasteiger partial charge in [-0.15, -0.1) is 0 Å². The zero-order chi connectivity index (χ0) is 12.9. The molecule has 3 atom stereocenters. The number of hydrogen-bond acceptors (Lipinski definition) is 3. The molecule has 0 aromatic carbocycles. The molecule has 17 heavy (non-hydrogen) atoms. The van der Waals surface area contributed by atoms with Crippen molar-refractivity contribution in [1.29, 1.82) is 0 Å². The minimum atomic E-state index is -2.81. The molecule has 1 rings (SSSR count). The highest BCUT2D eigenvalue weighted by Crippen LogP contribution is 2.31. The second-order valence-corrected chi connectivity index (χ2v) is 8.05. The Bertz CT molecular complexity index is 313. The highest BCUT2D eigenvalue weighted by atomic mass is 32.2. The molecular weight excluding hydrogens is 234 g/mol. The molecule has 102 valence electrons. The molecule has 3 nitrogen and oxygen atoms in total. The van der Waals surface area contributed by atoms with Gasteiger partial charge in [-0.05, 0) is 37.5 Å². The summed E-state index contributed by atoms with van der Waals surface area (Å²) in [6.45, 7) is 4.00. The molecule has 1 aliphatic carbocycles. The molecule has 0 aliphatic heterocycles. The lowest BCUT2D eigenvalue weighted by molar-refractivity contribution is 0.239. The summed E-state index contributed by atoms with van der Waals surface area (Å²) < 4.78 is 22.7. The second-order valence-electron chi connectivity index (χ2n) is 5.57. The van der Waals surface area contributed by atoms with Crippen molar-refractivity contribution in [3.63, 3.8) is 0 Å². The quantitative estimate of drug-likeness (QED) is 0.798. The van der Waals surface area contributed by atoms with Gasteiger partial charge in [0, 0.05) is 11.8 Å². The van der Waals surface area contributed by atoms with Gasteiger partial charge in [0.1, 0.15) is 9.84 Å². The summed E-state index contributed by atoms with van der Waals surface area (Å²) in [5.74, 6) is 1.96. The van der Waals surface area contributed by atoms with E-state index in [1.54, 1.807) is 6.92 Å². The fourth-order valence-corrected chi connectivity index (χ4v) is 3.68. The number of rotatable bonds is 6. The zero-order valence-corrected chi connectivity index (χ0v) is 12.0. The largest absolute Gasteiger partial charge is 0.327 e. The molecule has 4 heteroatoms. The lowest BCUT2D eigenvalue weighted by Gasteiger charge is -2.31. The van der Waals surface area contributed by atoms with Crippen LogP contribution in [0.3, 0.4) is 0 Å². The molecule has 1 saturated carbocycles. The van der Waals surface area contributed by atoms with Gasteiger partial charge in [0.15, 0.2) is 0 Å². The summed E-state index contributed by atoms with van der Waals surface area (Å²) in [6, 6.07) is 0.199. The van der Waals surface area contributed by atoms with Crippen LogP contribution in [0.25, 0.3) is 0 Å². The van der Waals surface area contributed by atoms with E-state index in [1.807, 2.05) is 0 Å². The summed E-state index contributed by atoms with van der Waals surface area (Å²) in [6.07, 6.45) is 6.65. The monoisotopic (exact) mass is 261 g/mol. The standard InChI is InChI=1S/C13H27NO2S/c1-3-17(15,16)9-5-8-13(14)12-7-4-6-11(2)10-12/h11-13H,3-10,14H2,1-2H3. The third kappa shape index (κ3) is 5.38. The molecule has 0 amide bonds. The predicted octanol–water partition coefficient (Wildman–Crippen LogP) is 2.35. The Morgan fingerprint density at radius 2 is 2.06 bits per heavy atom. The molecule has 2 N–H and O–H groups in total. The van der Waals surface area contributed by atoms with Gasteiger partial charge < -0.3 is 5.73 Å². The molecule has 0 radical (unpaired) electrons. The Morgan fingerprint density at radius 3 is 2.65 bits per heavy atom.